The average Bonchev–Trinajstić information content (AvgIpc) is 3.50. The molecule has 0 saturated carbocycles. The van der Waals surface area contributed by atoms with Crippen molar-refractivity contribution in [2.24, 2.45) is 0 Å². The number of aromatic nitrogens is 2. The van der Waals surface area contributed by atoms with Crippen molar-refractivity contribution < 1.29 is 4.79 Å². The van der Waals surface area contributed by atoms with Crippen LogP contribution in [-0.2, 0) is 17.8 Å². The third kappa shape index (κ3) is 5.36. The van der Waals surface area contributed by atoms with E-state index in [0.29, 0.717) is 13.0 Å². The monoisotopic (exact) mass is 479 g/mol. The molecule has 7 heteroatoms. The van der Waals surface area contributed by atoms with Crippen LogP contribution in [0.5, 0.6) is 0 Å². The van der Waals surface area contributed by atoms with Gasteiger partial charge >= 0.3 is 0 Å². The quantitative estimate of drug-likeness (QED) is 0.444. The van der Waals surface area contributed by atoms with Crippen LogP contribution in [0, 0.1) is 6.92 Å². The molecule has 1 aliphatic rings. The van der Waals surface area contributed by atoms with Crippen molar-refractivity contribution in [3.8, 4) is 5.69 Å². The number of para-hydroxylation sites is 1. The van der Waals surface area contributed by atoms with Crippen LogP contribution in [0.3, 0.4) is 0 Å². The minimum absolute atomic E-state index is 0.164. The van der Waals surface area contributed by atoms with E-state index in [2.05, 4.69) is 77.4 Å². The van der Waals surface area contributed by atoms with Crippen LogP contribution in [0.2, 0.25) is 0 Å². The van der Waals surface area contributed by atoms with E-state index in [-0.39, 0.29) is 11.9 Å². The molecule has 3 heterocycles. The second kappa shape index (κ2) is 11.2. The van der Waals surface area contributed by atoms with E-state index in [1.54, 1.807) is 11.3 Å². The fourth-order valence-electron chi connectivity index (χ4n) is 4.63. The lowest BCUT2D eigenvalue weighted by Gasteiger charge is -2.37. The first-order chi connectivity index (χ1) is 16.5. The molecule has 1 atom stereocenters. The van der Waals surface area contributed by atoms with Crippen LogP contribution in [0.15, 0.2) is 47.8 Å². The zero-order chi connectivity index (χ0) is 24.1. The van der Waals surface area contributed by atoms with E-state index in [1.807, 2.05) is 17.5 Å². The molecule has 1 aliphatic heterocycles. The first-order valence-electron chi connectivity index (χ1n) is 12.4. The van der Waals surface area contributed by atoms with Gasteiger partial charge in [-0.1, -0.05) is 38.1 Å². The second-order valence-corrected chi connectivity index (χ2v) is 10.1. The molecule has 0 aliphatic carbocycles. The Hall–Kier alpha value is -2.64. The standard InChI is InChI=1S/C27H37N5OS/c1-5-21(3)31(26(33)19-24-13-10-18-34-24)20-25-22(4)28-32(23-11-8-7-9-12-23)27(25)30-16-14-29(6-2)15-17-30/h7-13,18,21H,5-6,14-17,19-20H2,1-4H3/t21-/m1/s1. The van der Waals surface area contributed by atoms with Gasteiger partial charge in [-0.3, -0.25) is 4.79 Å². The zero-order valence-electron chi connectivity index (χ0n) is 20.9. The summed E-state index contributed by atoms with van der Waals surface area (Å²) in [4.78, 5) is 21.6. The van der Waals surface area contributed by atoms with Gasteiger partial charge in [0.25, 0.3) is 0 Å². The zero-order valence-corrected chi connectivity index (χ0v) is 21.7. The Morgan fingerprint density at radius 3 is 2.44 bits per heavy atom. The number of anilines is 1. The minimum atomic E-state index is 0.164. The van der Waals surface area contributed by atoms with E-state index >= 15 is 0 Å². The Balaban J connectivity index is 1.70. The normalized spacial score (nSPS) is 15.5. The summed E-state index contributed by atoms with van der Waals surface area (Å²) in [6, 6.07) is 14.6. The molecule has 1 aromatic carbocycles. The molecule has 182 valence electrons. The number of aryl methyl sites for hydroxylation is 1. The number of amides is 1. The smallest absolute Gasteiger partial charge is 0.228 e. The van der Waals surface area contributed by atoms with Gasteiger partial charge < -0.3 is 14.7 Å². The molecule has 0 unspecified atom stereocenters. The predicted molar refractivity (Wildman–Crippen MR) is 141 cm³/mol. The van der Waals surface area contributed by atoms with Gasteiger partial charge in [-0.05, 0) is 50.4 Å². The SMILES string of the molecule is CC[C@@H](C)N(Cc1c(C)nn(-c2ccccc2)c1N1CCN(CC)CC1)C(=O)Cc1cccs1. The molecular formula is C27H37N5OS. The molecule has 0 spiro atoms. The number of nitrogens with zero attached hydrogens (tertiary/aromatic N) is 5. The fraction of sp³-hybridized carbons (Fsp3) is 0.481. The Kier molecular flexibility index (Phi) is 8.06. The summed E-state index contributed by atoms with van der Waals surface area (Å²) >= 11 is 1.65. The Morgan fingerprint density at radius 1 is 1.09 bits per heavy atom. The molecule has 0 bridgehead atoms. The average molecular weight is 480 g/mol. The topological polar surface area (TPSA) is 44.6 Å². The summed E-state index contributed by atoms with van der Waals surface area (Å²) in [5, 5.41) is 7.03. The summed E-state index contributed by atoms with van der Waals surface area (Å²) in [5.74, 6) is 1.32. The number of hydrogen-bond acceptors (Lipinski definition) is 5. The van der Waals surface area contributed by atoms with Gasteiger partial charge in [-0.2, -0.15) is 5.10 Å². The van der Waals surface area contributed by atoms with Gasteiger partial charge in [0.2, 0.25) is 5.91 Å². The highest BCUT2D eigenvalue weighted by Crippen LogP contribution is 2.30. The van der Waals surface area contributed by atoms with E-state index in [0.717, 1.165) is 66.8 Å². The van der Waals surface area contributed by atoms with Gasteiger partial charge in [-0.15, -0.1) is 11.3 Å². The number of likely N-dealkylation sites (N-methyl/N-ethyl adjacent to an activating group) is 1. The van der Waals surface area contributed by atoms with Crippen LogP contribution in [0.25, 0.3) is 5.69 Å². The lowest BCUT2D eigenvalue weighted by atomic mass is 10.1. The largest absolute Gasteiger partial charge is 0.354 e. The Labute approximate surface area is 207 Å². The number of piperazine rings is 1. The molecular weight excluding hydrogens is 442 g/mol. The maximum absolute atomic E-state index is 13.5. The third-order valence-electron chi connectivity index (χ3n) is 6.95. The first-order valence-corrected chi connectivity index (χ1v) is 13.3. The van der Waals surface area contributed by atoms with Crippen LogP contribution >= 0.6 is 11.3 Å². The maximum atomic E-state index is 13.5. The van der Waals surface area contributed by atoms with Gasteiger partial charge in [-0.25, -0.2) is 4.68 Å². The molecule has 34 heavy (non-hydrogen) atoms. The molecule has 1 fully saturated rings. The van der Waals surface area contributed by atoms with E-state index in [1.165, 1.54) is 0 Å². The number of hydrogen-bond donors (Lipinski definition) is 0. The maximum Gasteiger partial charge on any atom is 0.228 e. The summed E-state index contributed by atoms with van der Waals surface area (Å²) < 4.78 is 2.09. The molecule has 2 aromatic heterocycles. The Bertz CT molecular complexity index is 1050. The van der Waals surface area contributed by atoms with Crippen LogP contribution < -0.4 is 4.90 Å². The van der Waals surface area contributed by atoms with Crippen LogP contribution in [0.4, 0.5) is 5.82 Å². The van der Waals surface area contributed by atoms with E-state index in [4.69, 9.17) is 5.10 Å². The fourth-order valence-corrected chi connectivity index (χ4v) is 5.32. The van der Waals surface area contributed by atoms with Crippen LogP contribution in [0.1, 0.15) is 43.3 Å². The predicted octanol–water partition coefficient (Wildman–Crippen LogP) is 4.75. The number of thiophene rings is 1. The van der Waals surface area contributed by atoms with Gasteiger partial charge in [0, 0.05) is 42.7 Å². The third-order valence-corrected chi connectivity index (χ3v) is 7.83. The lowest BCUT2D eigenvalue weighted by Crippen LogP contribution is -2.47. The van der Waals surface area contributed by atoms with Crippen molar-refractivity contribution in [3.05, 3.63) is 64.0 Å². The first kappa shape index (κ1) is 24.5. The van der Waals surface area contributed by atoms with Crippen molar-refractivity contribution in [2.45, 2.75) is 53.1 Å². The molecule has 6 nitrogen and oxygen atoms in total. The minimum Gasteiger partial charge on any atom is -0.354 e. The molecule has 0 N–H and O–H groups in total. The number of rotatable bonds is 9. The number of benzene rings is 1. The highest BCUT2D eigenvalue weighted by molar-refractivity contribution is 7.10. The summed E-state index contributed by atoms with van der Waals surface area (Å²) in [5.41, 5.74) is 3.22. The highest BCUT2D eigenvalue weighted by atomic mass is 32.1. The number of carbonyl (C=O) groups is 1. The molecule has 4 rings (SSSR count). The Morgan fingerprint density at radius 2 is 1.82 bits per heavy atom. The summed E-state index contributed by atoms with van der Waals surface area (Å²) in [6.45, 7) is 14.3. The van der Waals surface area contributed by atoms with E-state index < -0.39 is 0 Å². The lowest BCUT2D eigenvalue weighted by molar-refractivity contribution is -0.133. The van der Waals surface area contributed by atoms with Gasteiger partial charge in [0.1, 0.15) is 5.82 Å². The van der Waals surface area contributed by atoms with Gasteiger partial charge in [0.15, 0.2) is 0 Å². The molecule has 1 amide bonds. The van der Waals surface area contributed by atoms with Crippen LogP contribution in [-0.4, -0.2) is 64.3 Å². The molecule has 3 aromatic rings. The van der Waals surface area contributed by atoms with Crippen molar-refractivity contribution in [1.82, 2.24) is 19.6 Å². The van der Waals surface area contributed by atoms with Crippen molar-refractivity contribution in [2.75, 3.05) is 37.6 Å². The van der Waals surface area contributed by atoms with Crippen molar-refractivity contribution in [3.63, 3.8) is 0 Å². The van der Waals surface area contributed by atoms with E-state index in [9.17, 15) is 4.79 Å². The van der Waals surface area contributed by atoms with Gasteiger partial charge in [0.05, 0.1) is 24.3 Å². The summed E-state index contributed by atoms with van der Waals surface area (Å²) in [7, 11) is 0. The highest BCUT2D eigenvalue weighted by Gasteiger charge is 2.29. The second-order valence-electron chi connectivity index (χ2n) is 9.09. The molecule has 0 radical (unpaired) electrons. The summed E-state index contributed by atoms with van der Waals surface area (Å²) in [6.07, 6.45) is 1.38. The van der Waals surface area contributed by atoms with Crippen molar-refractivity contribution >= 4 is 23.1 Å². The van der Waals surface area contributed by atoms with Crippen molar-refractivity contribution in [1.29, 1.82) is 0 Å². The molecule has 1 saturated heterocycles. The number of carbonyl (C=O) groups excluding carboxylic acids is 1.